The summed E-state index contributed by atoms with van der Waals surface area (Å²) >= 11 is 0. The lowest BCUT2D eigenvalue weighted by Gasteiger charge is -2.24. The molecule has 0 saturated heterocycles. The zero-order valence-corrected chi connectivity index (χ0v) is 14.7. The Labute approximate surface area is 155 Å². The molecule has 6 heteroatoms. The summed E-state index contributed by atoms with van der Waals surface area (Å²) in [6.45, 7) is 0.00375. The molecule has 0 unspecified atom stereocenters. The third-order valence-corrected chi connectivity index (χ3v) is 5.29. The lowest BCUT2D eigenvalue weighted by atomic mass is 9.91. The van der Waals surface area contributed by atoms with E-state index in [1.54, 1.807) is 18.2 Å². The van der Waals surface area contributed by atoms with Crippen molar-refractivity contribution in [2.45, 2.75) is 25.3 Å². The van der Waals surface area contributed by atoms with E-state index >= 15 is 0 Å². The van der Waals surface area contributed by atoms with Gasteiger partial charge in [0.05, 0.1) is 11.7 Å². The van der Waals surface area contributed by atoms with Gasteiger partial charge in [0.1, 0.15) is 5.75 Å². The minimum Gasteiger partial charge on any atom is -0.482 e. The van der Waals surface area contributed by atoms with Gasteiger partial charge >= 0.3 is 0 Å². The van der Waals surface area contributed by atoms with Crippen molar-refractivity contribution < 1.29 is 14.3 Å². The molecule has 2 aromatic carbocycles. The fourth-order valence-electron chi connectivity index (χ4n) is 4.03. The first-order chi connectivity index (χ1) is 13.2. The summed E-state index contributed by atoms with van der Waals surface area (Å²) in [7, 11) is 0. The van der Waals surface area contributed by atoms with E-state index in [0.29, 0.717) is 17.0 Å². The molecule has 1 aliphatic heterocycles. The highest BCUT2D eigenvalue weighted by Crippen LogP contribution is 2.35. The van der Waals surface area contributed by atoms with Crippen molar-refractivity contribution in [2.24, 2.45) is 0 Å². The molecular weight excluding hydrogens is 342 g/mol. The largest absolute Gasteiger partial charge is 0.482 e. The zero-order valence-electron chi connectivity index (χ0n) is 14.7. The van der Waals surface area contributed by atoms with Crippen molar-refractivity contribution >= 4 is 28.4 Å². The molecule has 5 rings (SSSR count). The molecule has 3 N–H and O–H groups in total. The molecule has 0 bridgehead atoms. The average molecular weight is 361 g/mol. The fraction of sp³-hybridized carbons (Fsp3) is 0.238. The van der Waals surface area contributed by atoms with Crippen LogP contribution in [0.3, 0.4) is 0 Å². The molecule has 0 spiro atoms. The van der Waals surface area contributed by atoms with Crippen LogP contribution < -0.4 is 15.4 Å². The molecule has 6 nitrogen and oxygen atoms in total. The Bertz CT molecular complexity index is 1070. The SMILES string of the molecule is O=C1COc2ccc(C(=O)N[C@@H]3CCCc4c3[nH]c3ccccc43)cc2N1. The smallest absolute Gasteiger partial charge is 0.262 e. The number of benzene rings is 2. The van der Waals surface area contributed by atoms with Crippen LogP contribution in [-0.4, -0.2) is 23.4 Å². The van der Waals surface area contributed by atoms with Crippen LogP contribution in [0.15, 0.2) is 42.5 Å². The molecule has 0 fully saturated rings. The lowest BCUT2D eigenvalue weighted by Crippen LogP contribution is -2.31. The number of ether oxygens (including phenoxy) is 1. The summed E-state index contributed by atoms with van der Waals surface area (Å²) < 4.78 is 5.35. The second kappa shape index (κ2) is 6.16. The van der Waals surface area contributed by atoms with E-state index in [2.05, 4.69) is 27.8 Å². The van der Waals surface area contributed by atoms with Gasteiger partial charge in [0, 0.05) is 22.2 Å². The van der Waals surface area contributed by atoms with Crippen LogP contribution in [0.5, 0.6) is 5.75 Å². The highest BCUT2D eigenvalue weighted by molar-refractivity contribution is 6.00. The van der Waals surface area contributed by atoms with Gasteiger partial charge < -0.3 is 20.4 Å². The molecule has 1 aliphatic carbocycles. The van der Waals surface area contributed by atoms with Gasteiger partial charge in [0.15, 0.2) is 6.61 Å². The van der Waals surface area contributed by atoms with E-state index in [4.69, 9.17) is 4.74 Å². The molecular formula is C21H19N3O3. The van der Waals surface area contributed by atoms with Gasteiger partial charge in [0.2, 0.25) is 0 Å². The maximum absolute atomic E-state index is 12.8. The zero-order chi connectivity index (χ0) is 18.4. The molecule has 3 aromatic rings. The molecule has 27 heavy (non-hydrogen) atoms. The van der Waals surface area contributed by atoms with Crippen molar-refractivity contribution in [1.82, 2.24) is 10.3 Å². The van der Waals surface area contributed by atoms with Crippen LogP contribution in [0.25, 0.3) is 10.9 Å². The third-order valence-electron chi connectivity index (χ3n) is 5.29. The monoisotopic (exact) mass is 361 g/mol. The number of amides is 2. The number of fused-ring (bicyclic) bond motifs is 4. The summed E-state index contributed by atoms with van der Waals surface area (Å²) in [6.07, 6.45) is 2.96. The molecule has 136 valence electrons. The Hall–Kier alpha value is -3.28. The maximum atomic E-state index is 12.8. The van der Waals surface area contributed by atoms with E-state index in [1.165, 1.54) is 10.9 Å². The topological polar surface area (TPSA) is 83.2 Å². The predicted octanol–water partition coefficient (Wildman–Crippen LogP) is 3.31. The van der Waals surface area contributed by atoms with Crippen LogP contribution in [0, 0.1) is 0 Å². The second-order valence-electron chi connectivity index (χ2n) is 7.03. The summed E-state index contributed by atoms with van der Waals surface area (Å²) in [5.41, 5.74) is 4.55. The fourth-order valence-corrected chi connectivity index (χ4v) is 4.03. The lowest BCUT2D eigenvalue weighted by molar-refractivity contribution is -0.118. The normalized spacial score (nSPS) is 18.2. The number of hydrogen-bond donors (Lipinski definition) is 3. The first kappa shape index (κ1) is 15.9. The van der Waals surface area contributed by atoms with Crippen molar-refractivity contribution in [3.8, 4) is 5.75 Å². The number of carbonyl (C=O) groups excluding carboxylic acids is 2. The molecule has 0 radical (unpaired) electrons. The number of aryl methyl sites for hydroxylation is 1. The Kier molecular flexibility index (Phi) is 3.63. The highest BCUT2D eigenvalue weighted by Gasteiger charge is 2.26. The molecule has 2 aliphatic rings. The van der Waals surface area contributed by atoms with E-state index in [9.17, 15) is 9.59 Å². The summed E-state index contributed by atoms with van der Waals surface area (Å²) in [5, 5.41) is 7.12. The van der Waals surface area contributed by atoms with Gasteiger partial charge in [-0.15, -0.1) is 0 Å². The van der Waals surface area contributed by atoms with E-state index < -0.39 is 0 Å². The molecule has 1 aromatic heterocycles. The summed E-state index contributed by atoms with van der Waals surface area (Å²) in [6, 6.07) is 13.3. The van der Waals surface area contributed by atoms with Crippen LogP contribution in [0.1, 0.15) is 40.5 Å². The maximum Gasteiger partial charge on any atom is 0.262 e. The predicted molar refractivity (Wildman–Crippen MR) is 102 cm³/mol. The van der Waals surface area contributed by atoms with Gasteiger partial charge in [-0.1, -0.05) is 18.2 Å². The summed E-state index contributed by atoms with van der Waals surface area (Å²) in [5.74, 6) is 0.214. The quantitative estimate of drug-likeness (QED) is 0.655. The number of nitrogens with one attached hydrogen (secondary N) is 3. The average Bonchev–Trinajstić information content (AvgIpc) is 3.07. The van der Waals surface area contributed by atoms with Crippen molar-refractivity contribution in [3.63, 3.8) is 0 Å². The molecule has 0 saturated carbocycles. The number of anilines is 1. The molecule has 2 heterocycles. The number of aromatic amines is 1. The van der Waals surface area contributed by atoms with E-state index in [-0.39, 0.29) is 24.5 Å². The molecule has 1 atom stereocenters. The second-order valence-corrected chi connectivity index (χ2v) is 7.03. The Morgan fingerprint density at radius 2 is 2.07 bits per heavy atom. The first-order valence-electron chi connectivity index (χ1n) is 9.16. The number of carbonyl (C=O) groups is 2. The van der Waals surface area contributed by atoms with Crippen LogP contribution in [0.2, 0.25) is 0 Å². The third kappa shape index (κ3) is 2.73. The highest BCUT2D eigenvalue weighted by atomic mass is 16.5. The van der Waals surface area contributed by atoms with Gasteiger partial charge in [-0.3, -0.25) is 9.59 Å². The van der Waals surface area contributed by atoms with Crippen LogP contribution in [0.4, 0.5) is 5.69 Å². The van der Waals surface area contributed by atoms with Gasteiger partial charge in [-0.2, -0.15) is 0 Å². The number of para-hydroxylation sites is 1. The van der Waals surface area contributed by atoms with Crippen LogP contribution >= 0.6 is 0 Å². The number of H-pyrrole nitrogens is 1. The minimum atomic E-state index is -0.213. The van der Waals surface area contributed by atoms with E-state index in [0.717, 1.165) is 30.5 Å². The van der Waals surface area contributed by atoms with Gasteiger partial charge in [-0.25, -0.2) is 0 Å². The van der Waals surface area contributed by atoms with Crippen molar-refractivity contribution in [1.29, 1.82) is 0 Å². The number of rotatable bonds is 2. The Balaban J connectivity index is 1.42. The van der Waals surface area contributed by atoms with Crippen molar-refractivity contribution in [2.75, 3.05) is 11.9 Å². The summed E-state index contributed by atoms with van der Waals surface area (Å²) in [4.78, 5) is 27.8. The van der Waals surface area contributed by atoms with Gasteiger partial charge in [-0.05, 0) is 49.1 Å². The standard InChI is InChI=1S/C21H19N3O3/c25-19-11-27-18-9-8-12(10-17(18)22-19)21(26)24-16-7-3-5-14-13-4-1-2-6-15(13)23-20(14)16/h1-2,4,6,8-10,16,23H,3,5,7,11H2,(H,22,25)(H,24,26)/t16-/m1/s1. The number of aromatic nitrogens is 1. The van der Waals surface area contributed by atoms with Crippen molar-refractivity contribution in [3.05, 3.63) is 59.3 Å². The Morgan fingerprint density at radius 3 is 3.00 bits per heavy atom. The van der Waals surface area contributed by atoms with Crippen LogP contribution in [-0.2, 0) is 11.2 Å². The Morgan fingerprint density at radius 1 is 1.19 bits per heavy atom. The minimum absolute atomic E-state index is 0.00375. The molecule has 2 amide bonds. The van der Waals surface area contributed by atoms with Gasteiger partial charge in [0.25, 0.3) is 11.8 Å². The number of hydrogen-bond acceptors (Lipinski definition) is 3. The van der Waals surface area contributed by atoms with E-state index in [1.807, 2.05) is 12.1 Å². The first-order valence-corrected chi connectivity index (χ1v) is 9.16.